The molecular formula is C14H21NO3. The van der Waals surface area contributed by atoms with Gasteiger partial charge in [0.1, 0.15) is 6.10 Å². The molecule has 2 N–H and O–H groups in total. The predicted octanol–water partition coefficient (Wildman–Crippen LogP) is 1.48. The van der Waals surface area contributed by atoms with E-state index in [1.165, 1.54) is 0 Å². The van der Waals surface area contributed by atoms with E-state index in [0.717, 1.165) is 5.56 Å². The van der Waals surface area contributed by atoms with Crippen LogP contribution < -0.4 is 5.32 Å². The van der Waals surface area contributed by atoms with Gasteiger partial charge in [-0.1, -0.05) is 37.3 Å². The Labute approximate surface area is 108 Å². The number of rotatable bonds is 7. The zero-order valence-electron chi connectivity index (χ0n) is 10.9. The lowest BCUT2D eigenvalue weighted by Crippen LogP contribution is -2.42. The van der Waals surface area contributed by atoms with Crippen molar-refractivity contribution in [3.8, 4) is 0 Å². The number of hydrogen-bond donors (Lipinski definition) is 2. The highest BCUT2D eigenvalue weighted by molar-refractivity contribution is 5.80. The van der Waals surface area contributed by atoms with Crippen molar-refractivity contribution in [2.75, 3.05) is 6.61 Å². The third-order valence-electron chi connectivity index (χ3n) is 2.77. The molecule has 0 saturated carbocycles. The third-order valence-corrected chi connectivity index (χ3v) is 2.77. The summed E-state index contributed by atoms with van der Waals surface area (Å²) in [7, 11) is 0. The predicted molar refractivity (Wildman–Crippen MR) is 70.0 cm³/mol. The summed E-state index contributed by atoms with van der Waals surface area (Å²) in [6.45, 7) is 3.98. The van der Waals surface area contributed by atoms with Crippen molar-refractivity contribution < 1.29 is 14.6 Å². The molecule has 18 heavy (non-hydrogen) atoms. The molecule has 0 heterocycles. The van der Waals surface area contributed by atoms with Gasteiger partial charge in [0, 0.05) is 0 Å². The van der Waals surface area contributed by atoms with Gasteiger partial charge in [-0.2, -0.15) is 0 Å². The van der Waals surface area contributed by atoms with Crippen LogP contribution in [0.15, 0.2) is 30.3 Å². The van der Waals surface area contributed by atoms with Crippen molar-refractivity contribution in [1.29, 1.82) is 0 Å². The lowest BCUT2D eigenvalue weighted by atomic mass is 10.2. The summed E-state index contributed by atoms with van der Waals surface area (Å²) < 4.78 is 5.49. The third kappa shape index (κ3) is 4.85. The largest absolute Gasteiger partial charge is 0.394 e. The Morgan fingerprint density at radius 2 is 2.06 bits per heavy atom. The molecule has 0 radical (unpaired) electrons. The minimum Gasteiger partial charge on any atom is -0.394 e. The maximum Gasteiger partial charge on any atom is 0.249 e. The summed E-state index contributed by atoms with van der Waals surface area (Å²) in [5.74, 6) is -0.188. The first-order valence-electron chi connectivity index (χ1n) is 6.24. The Balaban J connectivity index is 2.36. The van der Waals surface area contributed by atoms with Crippen molar-refractivity contribution in [2.24, 2.45) is 0 Å². The van der Waals surface area contributed by atoms with Crippen molar-refractivity contribution >= 4 is 5.91 Å². The SMILES string of the molecule is CC[C@H](CO)NC(=O)C(C)OCc1ccccc1. The van der Waals surface area contributed by atoms with Crippen molar-refractivity contribution in [3.05, 3.63) is 35.9 Å². The molecule has 0 spiro atoms. The normalized spacial score (nSPS) is 13.9. The summed E-state index contributed by atoms with van der Waals surface area (Å²) in [4.78, 5) is 11.7. The molecule has 0 aliphatic heterocycles. The molecule has 4 heteroatoms. The Kier molecular flexibility index (Phi) is 6.39. The number of nitrogens with one attached hydrogen (secondary N) is 1. The van der Waals surface area contributed by atoms with Crippen molar-refractivity contribution in [1.82, 2.24) is 5.32 Å². The van der Waals surface area contributed by atoms with Crippen molar-refractivity contribution in [2.45, 2.75) is 39.0 Å². The van der Waals surface area contributed by atoms with Gasteiger partial charge in [0.05, 0.1) is 19.3 Å². The Morgan fingerprint density at radius 3 is 2.61 bits per heavy atom. The second-order valence-corrected chi connectivity index (χ2v) is 4.24. The molecule has 0 fully saturated rings. The molecule has 0 saturated heterocycles. The Bertz CT molecular complexity index is 349. The van der Waals surface area contributed by atoms with Gasteiger partial charge in [-0.25, -0.2) is 0 Å². The zero-order valence-corrected chi connectivity index (χ0v) is 10.9. The minimum absolute atomic E-state index is 0.0480. The van der Waals surface area contributed by atoms with Crippen LogP contribution in [0, 0.1) is 0 Å². The second kappa shape index (κ2) is 7.84. The van der Waals surface area contributed by atoms with Gasteiger partial charge in [-0.3, -0.25) is 4.79 Å². The molecule has 0 aromatic heterocycles. The average molecular weight is 251 g/mol. The number of hydrogen-bond acceptors (Lipinski definition) is 3. The smallest absolute Gasteiger partial charge is 0.249 e. The van der Waals surface area contributed by atoms with Crippen molar-refractivity contribution in [3.63, 3.8) is 0 Å². The zero-order chi connectivity index (χ0) is 13.4. The highest BCUT2D eigenvalue weighted by Gasteiger charge is 2.16. The molecule has 0 aliphatic rings. The highest BCUT2D eigenvalue weighted by Crippen LogP contribution is 2.03. The minimum atomic E-state index is -0.522. The van der Waals surface area contributed by atoms with Gasteiger partial charge in [0.15, 0.2) is 0 Å². The number of carbonyl (C=O) groups is 1. The lowest BCUT2D eigenvalue weighted by molar-refractivity contribution is -0.133. The molecule has 4 nitrogen and oxygen atoms in total. The number of benzene rings is 1. The fourth-order valence-electron chi connectivity index (χ4n) is 1.47. The monoisotopic (exact) mass is 251 g/mol. The Morgan fingerprint density at radius 1 is 1.39 bits per heavy atom. The second-order valence-electron chi connectivity index (χ2n) is 4.24. The number of aliphatic hydroxyl groups excluding tert-OH is 1. The topological polar surface area (TPSA) is 58.6 Å². The number of ether oxygens (including phenoxy) is 1. The van der Waals surface area contributed by atoms with Gasteiger partial charge in [0.2, 0.25) is 5.91 Å². The summed E-state index contributed by atoms with van der Waals surface area (Å²) in [5.41, 5.74) is 1.03. The van der Waals surface area contributed by atoms with E-state index < -0.39 is 6.10 Å². The molecule has 1 rings (SSSR count). The first-order chi connectivity index (χ1) is 8.67. The molecule has 0 bridgehead atoms. The molecule has 2 atom stereocenters. The highest BCUT2D eigenvalue weighted by atomic mass is 16.5. The maximum absolute atomic E-state index is 11.7. The maximum atomic E-state index is 11.7. The van der Waals surface area contributed by atoms with Crippen LogP contribution in [0.25, 0.3) is 0 Å². The molecule has 1 aromatic carbocycles. The fourth-order valence-corrected chi connectivity index (χ4v) is 1.47. The van der Waals surface area contributed by atoms with Gasteiger partial charge >= 0.3 is 0 Å². The van der Waals surface area contributed by atoms with Crippen LogP contribution in [0.1, 0.15) is 25.8 Å². The molecule has 1 aromatic rings. The van der Waals surface area contributed by atoms with E-state index in [1.807, 2.05) is 37.3 Å². The van der Waals surface area contributed by atoms with Crippen LogP contribution in [0.5, 0.6) is 0 Å². The summed E-state index contributed by atoms with van der Waals surface area (Å²) in [5, 5.41) is 11.7. The van der Waals surface area contributed by atoms with E-state index >= 15 is 0 Å². The van der Waals surface area contributed by atoms with Gasteiger partial charge in [-0.05, 0) is 18.9 Å². The van der Waals surface area contributed by atoms with Crippen LogP contribution in [-0.4, -0.2) is 29.8 Å². The molecule has 1 unspecified atom stereocenters. The van der Waals surface area contributed by atoms with E-state index in [1.54, 1.807) is 6.92 Å². The molecule has 0 aliphatic carbocycles. The van der Waals surface area contributed by atoms with Gasteiger partial charge in [0.25, 0.3) is 0 Å². The van der Waals surface area contributed by atoms with Gasteiger partial charge in [-0.15, -0.1) is 0 Å². The number of amides is 1. The molecule has 1 amide bonds. The van der Waals surface area contributed by atoms with E-state index in [2.05, 4.69) is 5.32 Å². The lowest BCUT2D eigenvalue weighted by Gasteiger charge is -2.18. The van der Waals surface area contributed by atoms with Crippen LogP contribution in [-0.2, 0) is 16.1 Å². The first-order valence-corrected chi connectivity index (χ1v) is 6.24. The van der Waals surface area contributed by atoms with E-state index in [-0.39, 0.29) is 18.6 Å². The quantitative estimate of drug-likeness (QED) is 0.771. The standard InChI is InChI=1S/C14H21NO3/c1-3-13(9-16)15-14(17)11(2)18-10-12-7-5-4-6-8-12/h4-8,11,13,16H,3,9-10H2,1-2H3,(H,15,17)/t11?,13-/m1/s1. The number of aliphatic hydroxyl groups is 1. The molecular weight excluding hydrogens is 230 g/mol. The van der Waals surface area contributed by atoms with E-state index in [9.17, 15) is 4.79 Å². The Hall–Kier alpha value is -1.39. The first kappa shape index (κ1) is 14.7. The summed E-state index contributed by atoms with van der Waals surface area (Å²) >= 11 is 0. The van der Waals surface area contributed by atoms with Crippen LogP contribution in [0.3, 0.4) is 0 Å². The van der Waals surface area contributed by atoms with Crippen LogP contribution >= 0.6 is 0 Å². The average Bonchev–Trinajstić information content (AvgIpc) is 2.42. The van der Waals surface area contributed by atoms with E-state index in [4.69, 9.17) is 9.84 Å². The molecule has 100 valence electrons. The summed E-state index contributed by atoms with van der Waals surface area (Å²) in [6, 6.07) is 9.51. The summed E-state index contributed by atoms with van der Waals surface area (Å²) in [6.07, 6.45) is 0.180. The fraction of sp³-hybridized carbons (Fsp3) is 0.500. The van der Waals surface area contributed by atoms with Crippen LogP contribution in [0.4, 0.5) is 0 Å². The van der Waals surface area contributed by atoms with E-state index in [0.29, 0.717) is 13.0 Å². The van der Waals surface area contributed by atoms with Gasteiger partial charge < -0.3 is 15.2 Å². The number of carbonyl (C=O) groups excluding carboxylic acids is 1. The van der Waals surface area contributed by atoms with Crippen LogP contribution in [0.2, 0.25) is 0 Å².